The van der Waals surface area contributed by atoms with E-state index in [9.17, 15) is 0 Å². The molecule has 1 aromatic carbocycles. The highest BCUT2D eigenvalue weighted by Gasteiger charge is 1.96. The summed E-state index contributed by atoms with van der Waals surface area (Å²) in [5.41, 5.74) is 8.20. The molecule has 0 aliphatic heterocycles. The third kappa shape index (κ3) is 3.20. The fourth-order valence-corrected chi connectivity index (χ4v) is 1.50. The molecule has 1 atom stereocenters. The van der Waals surface area contributed by atoms with Gasteiger partial charge >= 0.3 is 0 Å². The summed E-state index contributed by atoms with van der Waals surface area (Å²) in [4.78, 5) is 1.29. The van der Waals surface area contributed by atoms with E-state index in [0.717, 1.165) is 0 Å². The normalized spacial score (nSPS) is 14.1. The molecule has 1 aromatic rings. The van der Waals surface area contributed by atoms with E-state index in [1.54, 1.807) is 11.8 Å². The van der Waals surface area contributed by atoms with Crippen molar-refractivity contribution in [3.05, 3.63) is 35.4 Å². The average molecular weight is 207 g/mol. The van der Waals surface area contributed by atoms with Crippen molar-refractivity contribution in [1.82, 2.24) is 0 Å². The van der Waals surface area contributed by atoms with Crippen molar-refractivity contribution in [3.8, 4) is 0 Å². The second kappa shape index (κ2) is 5.23. The molecular formula is C12H17NS. The molecule has 0 radical (unpaired) electrons. The van der Waals surface area contributed by atoms with Gasteiger partial charge in [-0.15, -0.1) is 11.8 Å². The van der Waals surface area contributed by atoms with Crippen LogP contribution in [0.4, 0.5) is 0 Å². The number of hydrogen-bond acceptors (Lipinski definition) is 2. The summed E-state index contributed by atoms with van der Waals surface area (Å²) < 4.78 is 0. The highest BCUT2D eigenvalue weighted by Crippen LogP contribution is 2.16. The quantitative estimate of drug-likeness (QED) is 0.770. The van der Waals surface area contributed by atoms with Crippen LogP contribution in [0.3, 0.4) is 0 Å². The maximum absolute atomic E-state index is 5.77. The van der Waals surface area contributed by atoms with Crippen LogP contribution in [-0.2, 0) is 0 Å². The van der Waals surface area contributed by atoms with Crippen LogP contribution in [0.1, 0.15) is 19.4 Å². The maximum Gasteiger partial charge on any atom is 0.0225 e. The molecule has 0 fully saturated rings. The van der Waals surface area contributed by atoms with Gasteiger partial charge in [0.05, 0.1) is 0 Å². The van der Waals surface area contributed by atoms with Crippen molar-refractivity contribution in [2.45, 2.75) is 24.8 Å². The summed E-state index contributed by atoms with van der Waals surface area (Å²) >= 11 is 1.76. The molecule has 76 valence electrons. The van der Waals surface area contributed by atoms with E-state index in [2.05, 4.69) is 43.5 Å². The van der Waals surface area contributed by atoms with Gasteiger partial charge in [0.25, 0.3) is 0 Å². The second-order valence-electron chi connectivity index (χ2n) is 3.45. The Labute approximate surface area is 90.4 Å². The number of benzene rings is 1. The molecule has 0 aliphatic rings. The minimum atomic E-state index is 0.134. The van der Waals surface area contributed by atoms with E-state index in [-0.39, 0.29) is 6.04 Å². The zero-order valence-electron chi connectivity index (χ0n) is 8.95. The SMILES string of the molecule is CSc1ccc(/C=C(/C)C(C)N)cc1. The van der Waals surface area contributed by atoms with E-state index >= 15 is 0 Å². The lowest BCUT2D eigenvalue weighted by Crippen LogP contribution is -2.15. The molecule has 1 rings (SSSR count). The van der Waals surface area contributed by atoms with Crippen molar-refractivity contribution < 1.29 is 0 Å². The largest absolute Gasteiger partial charge is 0.324 e. The summed E-state index contributed by atoms with van der Waals surface area (Å²) in [7, 11) is 0. The van der Waals surface area contributed by atoms with Crippen LogP contribution in [-0.4, -0.2) is 12.3 Å². The van der Waals surface area contributed by atoms with Crippen molar-refractivity contribution in [2.24, 2.45) is 5.73 Å². The Morgan fingerprint density at radius 1 is 1.36 bits per heavy atom. The highest BCUT2D eigenvalue weighted by molar-refractivity contribution is 7.98. The first-order valence-corrected chi connectivity index (χ1v) is 5.94. The van der Waals surface area contributed by atoms with Crippen LogP contribution < -0.4 is 5.73 Å². The van der Waals surface area contributed by atoms with Crippen molar-refractivity contribution >= 4 is 17.8 Å². The predicted octanol–water partition coefficient (Wildman–Crippen LogP) is 3.16. The third-order valence-electron chi connectivity index (χ3n) is 2.23. The van der Waals surface area contributed by atoms with E-state index < -0.39 is 0 Å². The lowest BCUT2D eigenvalue weighted by Gasteiger charge is -2.05. The van der Waals surface area contributed by atoms with Crippen molar-refractivity contribution in [2.75, 3.05) is 6.26 Å². The molecule has 14 heavy (non-hydrogen) atoms. The Balaban J connectivity index is 2.83. The molecular weight excluding hydrogens is 190 g/mol. The molecule has 0 saturated heterocycles. The maximum atomic E-state index is 5.77. The first-order chi connectivity index (χ1) is 6.63. The Morgan fingerprint density at radius 2 is 1.93 bits per heavy atom. The zero-order chi connectivity index (χ0) is 10.6. The minimum Gasteiger partial charge on any atom is -0.324 e. The van der Waals surface area contributed by atoms with Crippen LogP contribution >= 0.6 is 11.8 Å². The molecule has 2 N–H and O–H groups in total. The molecule has 0 aromatic heterocycles. The van der Waals surface area contributed by atoms with E-state index in [1.807, 2.05) is 6.92 Å². The van der Waals surface area contributed by atoms with Gasteiger partial charge in [-0.3, -0.25) is 0 Å². The van der Waals surface area contributed by atoms with E-state index in [0.29, 0.717) is 0 Å². The van der Waals surface area contributed by atoms with Crippen LogP contribution in [0.5, 0.6) is 0 Å². The van der Waals surface area contributed by atoms with Gasteiger partial charge in [0.2, 0.25) is 0 Å². The highest BCUT2D eigenvalue weighted by atomic mass is 32.2. The average Bonchev–Trinajstić information content (AvgIpc) is 2.19. The Bertz CT molecular complexity index is 312. The van der Waals surface area contributed by atoms with Crippen molar-refractivity contribution in [3.63, 3.8) is 0 Å². The lowest BCUT2D eigenvalue weighted by atomic mass is 10.1. The lowest BCUT2D eigenvalue weighted by molar-refractivity contribution is 0.868. The molecule has 0 bridgehead atoms. The minimum absolute atomic E-state index is 0.134. The molecule has 1 unspecified atom stereocenters. The monoisotopic (exact) mass is 207 g/mol. The number of hydrogen-bond donors (Lipinski definition) is 1. The summed E-state index contributed by atoms with van der Waals surface area (Å²) in [5.74, 6) is 0. The third-order valence-corrected chi connectivity index (χ3v) is 2.97. The summed E-state index contributed by atoms with van der Waals surface area (Å²) in [6.07, 6.45) is 4.22. The zero-order valence-corrected chi connectivity index (χ0v) is 9.77. The Hall–Kier alpha value is -0.730. The smallest absolute Gasteiger partial charge is 0.0225 e. The molecule has 0 heterocycles. The van der Waals surface area contributed by atoms with Crippen molar-refractivity contribution in [1.29, 1.82) is 0 Å². The fraction of sp³-hybridized carbons (Fsp3) is 0.333. The summed E-state index contributed by atoms with van der Waals surface area (Å²) in [6, 6.07) is 8.64. The number of nitrogens with two attached hydrogens (primary N) is 1. The van der Waals surface area contributed by atoms with Gasteiger partial charge in [0.15, 0.2) is 0 Å². The standard InChI is InChI=1S/C12H17NS/c1-9(10(2)13)8-11-4-6-12(14-3)7-5-11/h4-8,10H,13H2,1-3H3/b9-8-. The molecule has 2 heteroatoms. The number of thioether (sulfide) groups is 1. The van der Waals surface area contributed by atoms with Gasteiger partial charge < -0.3 is 5.73 Å². The van der Waals surface area contributed by atoms with Gasteiger partial charge in [-0.05, 0) is 37.8 Å². The molecule has 0 saturated carbocycles. The van der Waals surface area contributed by atoms with Gasteiger partial charge in [-0.1, -0.05) is 23.8 Å². The fourth-order valence-electron chi connectivity index (χ4n) is 1.09. The van der Waals surface area contributed by atoms with Crippen LogP contribution in [0.15, 0.2) is 34.7 Å². The summed E-state index contributed by atoms with van der Waals surface area (Å²) in [5, 5.41) is 0. The first-order valence-electron chi connectivity index (χ1n) is 4.71. The molecule has 0 spiro atoms. The molecule has 0 aliphatic carbocycles. The predicted molar refractivity (Wildman–Crippen MR) is 65.5 cm³/mol. The second-order valence-corrected chi connectivity index (χ2v) is 4.33. The first kappa shape index (κ1) is 11.3. The van der Waals surface area contributed by atoms with Crippen LogP contribution in [0, 0.1) is 0 Å². The van der Waals surface area contributed by atoms with E-state index in [4.69, 9.17) is 5.73 Å². The number of rotatable bonds is 3. The van der Waals surface area contributed by atoms with Gasteiger partial charge in [-0.25, -0.2) is 0 Å². The Kier molecular flexibility index (Phi) is 4.23. The molecule has 1 nitrogen and oxygen atoms in total. The molecule has 0 amide bonds. The van der Waals surface area contributed by atoms with Gasteiger partial charge in [-0.2, -0.15) is 0 Å². The van der Waals surface area contributed by atoms with Crippen LogP contribution in [0.2, 0.25) is 0 Å². The van der Waals surface area contributed by atoms with Gasteiger partial charge in [0.1, 0.15) is 0 Å². The van der Waals surface area contributed by atoms with Gasteiger partial charge in [0, 0.05) is 10.9 Å². The van der Waals surface area contributed by atoms with Crippen LogP contribution in [0.25, 0.3) is 6.08 Å². The Morgan fingerprint density at radius 3 is 2.36 bits per heavy atom. The topological polar surface area (TPSA) is 26.0 Å². The summed E-state index contributed by atoms with van der Waals surface area (Å²) in [6.45, 7) is 4.06. The van der Waals surface area contributed by atoms with E-state index in [1.165, 1.54) is 16.0 Å².